The third-order valence-electron chi connectivity index (χ3n) is 5.32. The van der Waals surface area contributed by atoms with Gasteiger partial charge in [-0.05, 0) is 52.9 Å². The van der Waals surface area contributed by atoms with E-state index in [1.165, 1.54) is 36.4 Å². The Morgan fingerprint density at radius 1 is 0.694 bits per heavy atom. The summed E-state index contributed by atoms with van der Waals surface area (Å²) in [5.74, 6) is -4.88. The molecule has 0 fully saturated rings. The number of carbonyl (C=O) groups excluding carboxylic acids is 1. The summed E-state index contributed by atoms with van der Waals surface area (Å²) in [4.78, 5) is 47.9. The summed E-state index contributed by atoms with van der Waals surface area (Å²) < 4.78 is 5.34. The Kier molecular flexibility index (Phi) is 7.84. The minimum Gasteiger partial charge on any atom is -0.478 e. The fraction of sp³-hybridized carbons (Fsp3) is 0.185. The van der Waals surface area contributed by atoms with Crippen molar-refractivity contribution in [2.24, 2.45) is 0 Å². The molecule has 0 radical (unpaired) electrons. The van der Waals surface area contributed by atoms with E-state index >= 15 is 0 Å². The highest BCUT2D eigenvalue weighted by Crippen LogP contribution is 2.31. The van der Waals surface area contributed by atoms with Gasteiger partial charge >= 0.3 is 23.9 Å². The molecule has 0 amide bonds. The number of rotatable bonds is 8. The van der Waals surface area contributed by atoms with Crippen LogP contribution in [0, 0.1) is 0 Å². The van der Waals surface area contributed by atoms with Gasteiger partial charge in [-0.1, -0.05) is 56.8 Å². The van der Waals surface area contributed by atoms with Gasteiger partial charge in [0.25, 0.3) is 0 Å². The molecule has 0 atom stereocenters. The molecule has 3 N–H and O–H groups in total. The molecule has 0 aliphatic rings. The van der Waals surface area contributed by atoms with E-state index < -0.39 is 23.9 Å². The van der Waals surface area contributed by atoms with Crippen molar-refractivity contribution in [3.8, 4) is 0 Å². The van der Waals surface area contributed by atoms with Gasteiger partial charge in [0.1, 0.15) is 6.61 Å². The van der Waals surface area contributed by atoms with Crippen LogP contribution in [0.5, 0.6) is 0 Å². The van der Waals surface area contributed by atoms with E-state index in [1.54, 1.807) is 0 Å². The molecule has 0 spiro atoms. The van der Waals surface area contributed by atoms with Crippen molar-refractivity contribution in [2.45, 2.75) is 42.6 Å². The lowest BCUT2D eigenvalue weighted by Gasteiger charge is -2.19. The Hall–Kier alpha value is -4.11. The molecule has 9 heteroatoms. The quantitative estimate of drug-likeness (QED) is 0.332. The van der Waals surface area contributed by atoms with Gasteiger partial charge in [0, 0.05) is 9.79 Å². The zero-order chi connectivity index (χ0) is 26.6. The van der Waals surface area contributed by atoms with E-state index in [9.17, 15) is 29.4 Å². The van der Waals surface area contributed by atoms with E-state index in [-0.39, 0.29) is 34.3 Å². The molecule has 3 rings (SSSR count). The van der Waals surface area contributed by atoms with Crippen LogP contribution in [-0.4, -0.2) is 39.2 Å². The van der Waals surface area contributed by atoms with Crippen LogP contribution in [0.15, 0.2) is 70.5 Å². The van der Waals surface area contributed by atoms with Crippen LogP contribution in [0.2, 0.25) is 0 Å². The van der Waals surface area contributed by atoms with Crippen LogP contribution < -0.4 is 0 Å². The SMILES string of the molecule is CC(C)(C)c1ccc(COC(=O)c2ccc(Sc3ccc(C(=O)O)c(C(=O)O)c3)cc2C(=O)O)cc1. The molecule has 0 heterocycles. The second-order valence-corrected chi connectivity index (χ2v) is 10.1. The number of carboxylic acid groups (broad SMARTS) is 3. The Balaban J connectivity index is 1.78. The third-order valence-corrected chi connectivity index (χ3v) is 6.30. The van der Waals surface area contributed by atoms with Gasteiger partial charge in [-0.15, -0.1) is 0 Å². The number of carbonyl (C=O) groups is 4. The van der Waals surface area contributed by atoms with Crippen LogP contribution >= 0.6 is 11.8 Å². The van der Waals surface area contributed by atoms with Crippen molar-refractivity contribution in [2.75, 3.05) is 0 Å². The molecular formula is C27H24O8S. The molecular weight excluding hydrogens is 484 g/mol. The Bertz CT molecular complexity index is 1340. The van der Waals surface area contributed by atoms with Crippen molar-refractivity contribution in [3.05, 3.63) is 94.0 Å². The second-order valence-electron chi connectivity index (χ2n) is 8.96. The minimum absolute atomic E-state index is 0.0150. The molecule has 3 aromatic carbocycles. The summed E-state index contributed by atoms with van der Waals surface area (Å²) in [6, 6.07) is 15.5. The molecule has 0 bridgehead atoms. The number of aromatic carboxylic acids is 3. The van der Waals surface area contributed by atoms with E-state index in [1.807, 2.05) is 24.3 Å². The van der Waals surface area contributed by atoms with Gasteiger partial charge in [0.05, 0.1) is 22.3 Å². The summed E-state index contributed by atoms with van der Waals surface area (Å²) in [6.07, 6.45) is 0. The summed E-state index contributed by atoms with van der Waals surface area (Å²) in [5, 5.41) is 28.1. The average Bonchev–Trinajstić information content (AvgIpc) is 2.82. The van der Waals surface area contributed by atoms with Crippen molar-refractivity contribution < 1.29 is 39.2 Å². The molecule has 0 aliphatic carbocycles. The summed E-state index contributed by atoms with van der Waals surface area (Å²) >= 11 is 1.03. The molecule has 0 saturated carbocycles. The predicted molar refractivity (Wildman–Crippen MR) is 132 cm³/mol. The van der Waals surface area contributed by atoms with Gasteiger partial charge in [0.15, 0.2) is 0 Å². The summed E-state index contributed by atoms with van der Waals surface area (Å²) in [7, 11) is 0. The highest BCUT2D eigenvalue weighted by molar-refractivity contribution is 7.99. The van der Waals surface area contributed by atoms with Gasteiger partial charge in [-0.2, -0.15) is 0 Å². The van der Waals surface area contributed by atoms with Crippen molar-refractivity contribution in [1.29, 1.82) is 0 Å². The van der Waals surface area contributed by atoms with E-state index in [0.29, 0.717) is 9.79 Å². The number of hydrogen-bond acceptors (Lipinski definition) is 6. The largest absolute Gasteiger partial charge is 0.478 e. The molecule has 8 nitrogen and oxygen atoms in total. The molecule has 3 aromatic rings. The molecule has 0 unspecified atom stereocenters. The number of carboxylic acids is 3. The fourth-order valence-corrected chi connectivity index (χ4v) is 4.25. The average molecular weight is 509 g/mol. The first-order valence-corrected chi connectivity index (χ1v) is 11.6. The van der Waals surface area contributed by atoms with Crippen LogP contribution in [0.25, 0.3) is 0 Å². The van der Waals surface area contributed by atoms with Crippen molar-refractivity contribution >= 4 is 35.6 Å². The van der Waals surface area contributed by atoms with Crippen molar-refractivity contribution in [3.63, 3.8) is 0 Å². The smallest absolute Gasteiger partial charge is 0.339 e. The summed E-state index contributed by atoms with van der Waals surface area (Å²) in [6.45, 7) is 6.25. The zero-order valence-electron chi connectivity index (χ0n) is 19.8. The Labute approximate surface area is 211 Å². The molecule has 0 saturated heterocycles. The number of esters is 1. The van der Waals surface area contributed by atoms with E-state index in [4.69, 9.17) is 9.84 Å². The molecule has 186 valence electrons. The normalized spacial score (nSPS) is 11.1. The molecule has 0 aromatic heterocycles. The van der Waals surface area contributed by atoms with Gasteiger partial charge in [0.2, 0.25) is 0 Å². The van der Waals surface area contributed by atoms with Crippen LogP contribution in [-0.2, 0) is 16.8 Å². The Morgan fingerprint density at radius 2 is 1.17 bits per heavy atom. The van der Waals surface area contributed by atoms with E-state index in [2.05, 4.69) is 20.8 Å². The Morgan fingerprint density at radius 3 is 1.64 bits per heavy atom. The minimum atomic E-state index is -1.40. The van der Waals surface area contributed by atoms with Gasteiger partial charge in [-0.3, -0.25) is 0 Å². The molecule has 36 heavy (non-hydrogen) atoms. The van der Waals surface area contributed by atoms with E-state index in [0.717, 1.165) is 22.9 Å². The first kappa shape index (κ1) is 26.5. The van der Waals surface area contributed by atoms with Gasteiger partial charge in [-0.25, -0.2) is 19.2 Å². The number of ether oxygens (including phenoxy) is 1. The number of benzene rings is 3. The zero-order valence-corrected chi connectivity index (χ0v) is 20.6. The third kappa shape index (κ3) is 6.31. The lowest BCUT2D eigenvalue weighted by Crippen LogP contribution is -2.13. The van der Waals surface area contributed by atoms with Crippen LogP contribution in [0.4, 0.5) is 0 Å². The number of hydrogen-bond donors (Lipinski definition) is 3. The lowest BCUT2D eigenvalue weighted by molar-refractivity contribution is 0.0463. The fourth-order valence-electron chi connectivity index (χ4n) is 3.36. The highest BCUT2D eigenvalue weighted by atomic mass is 32.2. The van der Waals surface area contributed by atoms with Crippen molar-refractivity contribution in [1.82, 2.24) is 0 Å². The topological polar surface area (TPSA) is 138 Å². The van der Waals surface area contributed by atoms with Crippen LogP contribution in [0.3, 0.4) is 0 Å². The highest BCUT2D eigenvalue weighted by Gasteiger charge is 2.21. The maximum Gasteiger partial charge on any atom is 0.339 e. The monoisotopic (exact) mass is 508 g/mol. The lowest BCUT2D eigenvalue weighted by atomic mass is 9.87. The van der Waals surface area contributed by atoms with Gasteiger partial charge < -0.3 is 20.1 Å². The molecule has 0 aliphatic heterocycles. The summed E-state index contributed by atoms with van der Waals surface area (Å²) in [5.41, 5.74) is 0.746. The maximum absolute atomic E-state index is 12.6. The first-order chi connectivity index (χ1) is 16.9. The first-order valence-electron chi connectivity index (χ1n) is 10.8. The second kappa shape index (κ2) is 10.7. The predicted octanol–water partition coefficient (Wildman–Crippen LogP) is 5.59. The standard InChI is InChI=1S/C27H24O8S/c1-27(2,3)16-6-4-15(5-7-16)14-35-26(34)20-11-9-18(13-22(20)25(32)33)36-17-8-10-19(23(28)29)21(12-17)24(30)31/h4-13H,14H2,1-3H3,(H,28,29)(H,30,31)(H,32,33). The van der Waals surface area contributed by atoms with Crippen LogP contribution in [0.1, 0.15) is 73.3 Å². The maximum atomic E-state index is 12.6.